The number of benzene rings is 3. The van der Waals surface area contributed by atoms with Crippen LogP contribution in [-0.4, -0.2) is 16.2 Å². The Bertz CT molecular complexity index is 1410. The predicted octanol–water partition coefficient (Wildman–Crippen LogP) is 7.22. The Hall–Kier alpha value is -3.90. The van der Waals surface area contributed by atoms with Gasteiger partial charge < -0.3 is 9.84 Å². The Morgan fingerprint density at radius 3 is 2.14 bits per heavy atom. The molecule has 1 N–H and O–H groups in total. The molecule has 7 heteroatoms. The molecule has 3 aromatic carbocycles. The fourth-order valence-electron chi connectivity index (χ4n) is 4.46. The fourth-order valence-corrected chi connectivity index (χ4v) is 4.58. The number of amides is 2. The standard InChI is InChI=1S/C29H27ClN4O2/c1-4-19-6-10-21(11-7-19)26-25(18(3)34(29(35)31-26)24-16-14-23(30)15-17-24)28-32-27(33-36-28)22-12-8-20(5-2)9-13-22/h6-17,26H,4-5H2,1-3H3,(H,31,35). The molecule has 2 amide bonds. The van der Waals surface area contributed by atoms with Gasteiger partial charge in [0.2, 0.25) is 5.82 Å². The van der Waals surface area contributed by atoms with E-state index in [9.17, 15) is 4.79 Å². The van der Waals surface area contributed by atoms with E-state index in [0.717, 1.165) is 29.5 Å². The molecule has 0 bridgehead atoms. The monoisotopic (exact) mass is 498 g/mol. The van der Waals surface area contributed by atoms with Crippen molar-refractivity contribution in [2.24, 2.45) is 0 Å². The lowest BCUT2D eigenvalue weighted by Crippen LogP contribution is -2.46. The van der Waals surface area contributed by atoms with Gasteiger partial charge in [-0.05, 0) is 60.7 Å². The van der Waals surface area contributed by atoms with Crippen LogP contribution in [0.3, 0.4) is 0 Å². The van der Waals surface area contributed by atoms with E-state index in [0.29, 0.717) is 28.1 Å². The minimum absolute atomic E-state index is 0.238. The molecular weight excluding hydrogens is 472 g/mol. The second-order valence-corrected chi connectivity index (χ2v) is 9.20. The molecule has 182 valence electrons. The van der Waals surface area contributed by atoms with E-state index in [1.165, 1.54) is 11.1 Å². The molecule has 36 heavy (non-hydrogen) atoms. The van der Waals surface area contributed by atoms with Gasteiger partial charge in [0, 0.05) is 16.3 Å². The first-order valence-corrected chi connectivity index (χ1v) is 12.5. The van der Waals surface area contributed by atoms with Crippen molar-refractivity contribution in [3.63, 3.8) is 0 Å². The number of aromatic nitrogens is 2. The van der Waals surface area contributed by atoms with E-state index in [-0.39, 0.29) is 6.03 Å². The summed E-state index contributed by atoms with van der Waals surface area (Å²) in [7, 11) is 0. The second-order valence-electron chi connectivity index (χ2n) is 8.76. The number of urea groups is 1. The lowest BCUT2D eigenvalue weighted by molar-refractivity contribution is 0.244. The largest absolute Gasteiger partial charge is 0.334 e. The minimum atomic E-state index is -0.442. The first-order valence-electron chi connectivity index (χ1n) is 12.1. The van der Waals surface area contributed by atoms with Crippen molar-refractivity contribution in [3.8, 4) is 11.4 Å². The number of aryl methyl sites for hydroxylation is 2. The van der Waals surface area contributed by atoms with Crippen molar-refractivity contribution in [1.82, 2.24) is 15.5 Å². The summed E-state index contributed by atoms with van der Waals surface area (Å²) in [6.45, 7) is 6.13. The zero-order valence-corrected chi connectivity index (χ0v) is 21.2. The van der Waals surface area contributed by atoms with Crippen LogP contribution in [0, 0.1) is 0 Å². The first-order chi connectivity index (χ1) is 17.5. The third-order valence-electron chi connectivity index (χ3n) is 6.57. The van der Waals surface area contributed by atoms with Gasteiger partial charge in [-0.2, -0.15) is 4.98 Å². The molecule has 0 spiro atoms. The van der Waals surface area contributed by atoms with Gasteiger partial charge in [0.05, 0.1) is 17.3 Å². The zero-order chi connectivity index (χ0) is 25.2. The Kier molecular flexibility index (Phi) is 6.61. The molecule has 1 aliphatic heterocycles. The third kappa shape index (κ3) is 4.52. The second kappa shape index (κ2) is 9.99. The van der Waals surface area contributed by atoms with E-state index in [1.807, 2.05) is 43.3 Å². The molecule has 0 radical (unpaired) electrons. The van der Waals surface area contributed by atoms with Gasteiger partial charge in [0.1, 0.15) is 0 Å². The van der Waals surface area contributed by atoms with Crippen LogP contribution in [0.1, 0.15) is 49.4 Å². The molecule has 0 saturated carbocycles. The number of rotatable bonds is 6. The van der Waals surface area contributed by atoms with Gasteiger partial charge >= 0.3 is 6.03 Å². The van der Waals surface area contributed by atoms with Crippen LogP contribution in [0.25, 0.3) is 17.0 Å². The predicted molar refractivity (Wildman–Crippen MR) is 143 cm³/mol. The van der Waals surface area contributed by atoms with Gasteiger partial charge in [0.25, 0.3) is 5.89 Å². The van der Waals surface area contributed by atoms with Gasteiger partial charge in [-0.3, -0.25) is 4.90 Å². The Morgan fingerprint density at radius 1 is 0.917 bits per heavy atom. The van der Waals surface area contributed by atoms with Crippen LogP contribution in [0.2, 0.25) is 5.02 Å². The molecule has 6 nitrogen and oxygen atoms in total. The summed E-state index contributed by atoms with van der Waals surface area (Å²) in [5.74, 6) is 0.869. The number of allylic oxidation sites excluding steroid dienone is 1. The molecular formula is C29H27ClN4O2. The van der Waals surface area contributed by atoms with Crippen molar-refractivity contribution < 1.29 is 9.32 Å². The molecule has 1 atom stereocenters. The molecule has 0 saturated heterocycles. The molecule has 2 heterocycles. The van der Waals surface area contributed by atoms with Gasteiger partial charge in [-0.1, -0.05) is 79.1 Å². The fraction of sp³-hybridized carbons (Fsp3) is 0.207. The number of nitrogens with zero attached hydrogens (tertiary/aromatic N) is 3. The van der Waals surface area contributed by atoms with Crippen LogP contribution in [0.15, 0.2) is 83.0 Å². The number of anilines is 1. The van der Waals surface area contributed by atoms with Crippen molar-refractivity contribution >= 4 is 28.9 Å². The van der Waals surface area contributed by atoms with Crippen molar-refractivity contribution in [3.05, 3.63) is 106 Å². The smallest absolute Gasteiger partial charge is 0.326 e. The SMILES string of the molecule is CCc1ccc(-c2noc(C3=C(C)N(c4ccc(Cl)cc4)C(=O)NC3c3ccc(CC)cc3)n2)cc1. The van der Waals surface area contributed by atoms with Crippen LogP contribution in [-0.2, 0) is 12.8 Å². The average molecular weight is 499 g/mol. The lowest BCUT2D eigenvalue weighted by Gasteiger charge is -2.35. The minimum Gasteiger partial charge on any atom is -0.334 e. The van der Waals surface area contributed by atoms with E-state index in [4.69, 9.17) is 21.1 Å². The van der Waals surface area contributed by atoms with Crippen LogP contribution in [0.5, 0.6) is 0 Å². The lowest BCUT2D eigenvalue weighted by atomic mass is 9.93. The van der Waals surface area contributed by atoms with Crippen LogP contribution in [0.4, 0.5) is 10.5 Å². The van der Waals surface area contributed by atoms with Crippen LogP contribution >= 0.6 is 11.6 Å². The quantitative estimate of drug-likeness (QED) is 0.304. The van der Waals surface area contributed by atoms with E-state index in [1.54, 1.807) is 17.0 Å². The highest BCUT2D eigenvalue weighted by molar-refractivity contribution is 6.30. The molecule has 1 aromatic heterocycles. The van der Waals surface area contributed by atoms with Crippen molar-refractivity contribution in [1.29, 1.82) is 0 Å². The third-order valence-corrected chi connectivity index (χ3v) is 6.82. The summed E-state index contributed by atoms with van der Waals surface area (Å²) >= 11 is 6.09. The Balaban J connectivity index is 1.62. The molecule has 1 unspecified atom stereocenters. The highest BCUT2D eigenvalue weighted by Gasteiger charge is 2.36. The van der Waals surface area contributed by atoms with Gasteiger partial charge in [0.15, 0.2) is 0 Å². The molecule has 0 aliphatic carbocycles. The Morgan fingerprint density at radius 2 is 1.53 bits per heavy atom. The van der Waals surface area contributed by atoms with E-state index in [2.05, 4.69) is 48.6 Å². The summed E-state index contributed by atoms with van der Waals surface area (Å²) in [4.78, 5) is 19.7. The number of carbonyl (C=O) groups is 1. The van der Waals surface area contributed by atoms with Crippen molar-refractivity contribution in [2.45, 2.75) is 39.7 Å². The molecule has 5 rings (SSSR count). The van der Waals surface area contributed by atoms with Gasteiger partial charge in [-0.25, -0.2) is 4.79 Å². The summed E-state index contributed by atoms with van der Waals surface area (Å²) in [6, 6.07) is 22.8. The summed E-state index contributed by atoms with van der Waals surface area (Å²) in [6.07, 6.45) is 1.90. The first kappa shape index (κ1) is 23.8. The van der Waals surface area contributed by atoms with E-state index >= 15 is 0 Å². The Labute approximate surface area is 215 Å². The number of halogens is 1. The highest BCUT2D eigenvalue weighted by Crippen LogP contribution is 2.39. The zero-order valence-electron chi connectivity index (χ0n) is 20.5. The maximum Gasteiger partial charge on any atom is 0.326 e. The summed E-state index contributed by atoms with van der Waals surface area (Å²) < 4.78 is 5.80. The maximum atomic E-state index is 13.3. The maximum absolute atomic E-state index is 13.3. The topological polar surface area (TPSA) is 71.3 Å². The average Bonchev–Trinajstić information content (AvgIpc) is 3.39. The summed E-state index contributed by atoms with van der Waals surface area (Å²) in [5.41, 5.74) is 6.43. The normalized spacial score (nSPS) is 15.8. The molecule has 0 fully saturated rings. The number of carbonyl (C=O) groups excluding carboxylic acids is 1. The highest BCUT2D eigenvalue weighted by atomic mass is 35.5. The van der Waals surface area contributed by atoms with Crippen molar-refractivity contribution in [2.75, 3.05) is 4.90 Å². The number of hydrogen-bond acceptors (Lipinski definition) is 4. The molecule has 1 aliphatic rings. The number of nitrogens with one attached hydrogen (secondary N) is 1. The number of hydrogen-bond donors (Lipinski definition) is 1. The molecule has 4 aromatic rings. The van der Waals surface area contributed by atoms with Gasteiger partial charge in [-0.15, -0.1) is 0 Å². The van der Waals surface area contributed by atoms with E-state index < -0.39 is 6.04 Å². The van der Waals surface area contributed by atoms with Crippen LogP contribution < -0.4 is 10.2 Å². The summed E-state index contributed by atoms with van der Waals surface area (Å²) in [5, 5.41) is 8.01.